The fraction of sp³-hybridized carbons (Fsp3) is 0.462. The molecule has 92 valence electrons. The lowest BCUT2D eigenvalue weighted by atomic mass is 9.95. The molecule has 2 rings (SSSR count). The number of carbonyl (C=O) groups excluding carboxylic acids is 1. The second-order valence-electron chi connectivity index (χ2n) is 4.46. The van der Waals surface area contributed by atoms with Gasteiger partial charge in [-0.1, -0.05) is 29.8 Å². The van der Waals surface area contributed by atoms with Crippen LogP contribution < -0.4 is 11.1 Å². The third-order valence-corrected chi connectivity index (χ3v) is 3.57. The Hall–Kier alpha value is -1.06. The van der Waals surface area contributed by atoms with Crippen LogP contribution >= 0.6 is 11.6 Å². The van der Waals surface area contributed by atoms with E-state index in [-0.39, 0.29) is 11.3 Å². The van der Waals surface area contributed by atoms with Crippen molar-refractivity contribution in [2.45, 2.75) is 24.7 Å². The summed E-state index contributed by atoms with van der Waals surface area (Å²) < 4.78 is 0. The molecule has 1 aliphatic carbocycles. The molecule has 3 nitrogen and oxygen atoms in total. The van der Waals surface area contributed by atoms with Crippen molar-refractivity contribution in [1.82, 2.24) is 5.32 Å². The van der Waals surface area contributed by atoms with Gasteiger partial charge in [-0.2, -0.15) is 0 Å². The molecule has 0 spiro atoms. The summed E-state index contributed by atoms with van der Waals surface area (Å²) in [7, 11) is 0. The molecule has 0 heterocycles. The van der Waals surface area contributed by atoms with Crippen LogP contribution in [-0.2, 0) is 10.2 Å². The maximum Gasteiger partial charge on any atom is 0.230 e. The normalized spacial score (nSPS) is 16.6. The molecule has 0 aliphatic heterocycles. The van der Waals surface area contributed by atoms with Gasteiger partial charge in [0.25, 0.3) is 0 Å². The first-order chi connectivity index (χ1) is 8.20. The molecule has 0 unspecified atom stereocenters. The highest BCUT2D eigenvalue weighted by atomic mass is 35.5. The summed E-state index contributed by atoms with van der Waals surface area (Å²) in [5.74, 6) is 0.0825. The topological polar surface area (TPSA) is 55.1 Å². The highest BCUT2D eigenvalue weighted by Gasteiger charge is 2.51. The fourth-order valence-corrected chi connectivity index (χ4v) is 2.38. The Morgan fingerprint density at radius 1 is 1.41 bits per heavy atom. The van der Waals surface area contributed by atoms with Crippen LogP contribution in [0.25, 0.3) is 0 Å². The highest BCUT2D eigenvalue weighted by Crippen LogP contribution is 2.50. The lowest BCUT2D eigenvalue weighted by Gasteiger charge is -2.16. The Morgan fingerprint density at radius 2 is 2.12 bits per heavy atom. The minimum Gasteiger partial charge on any atom is -0.355 e. The Bertz CT molecular complexity index is 416. The molecule has 1 saturated carbocycles. The quantitative estimate of drug-likeness (QED) is 0.786. The van der Waals surface area contributed by atoms with Gasteiger partial charge in [-0.3, -0.25) is 4.79 Å². The molecule has 0 radical (unpaired) electrons. The van der Waals surface area contributed by atoms with Crippen LogP contribution in [0.15, 0.2) is 24.3 Å². The van der Waals surface area contributed by atoms with E-state index in [2.05, 4.69) is 5.32 Å². The van der Waals surface area contributed by atoms with E-state index < -0.39 is 0 Å². The van der Waals surface area contributed by atoms with E-state index in [9.17, 15) is 4.79 Å². The summed E-state index contributed by atoms with van der Waals surface area (Å²) in [6.45, 7) is 1.24. The highest BCUT2D eigenvalue weighted by molar-refractivity contribution is 6.31. The number of hydrogen-bond donors (Lipinski definition) is 2. The Labute approximate surface area is 106 Å². The van der Waals surface area contributed by atoms with E-state index >= 15 is 0 Å². The standard InChI is InChI=1S/C13H17ClN2O/c14-11-5-2-1-4-10(11)13(6-7-13)12(17)16-9-3-8-15/h1-2,4-5H,3,6-9,15H2,(H,16,17). The second kappa shape index (κ2) is 5.07. The summed E-state index contributed by atoms with van der Waals surface area (Å²) >= 11 is 6.15. The predicted octanol–water partition coefficient (Wildman–Crippen LogP) is 1.84. The molecule has 1 aliphatic rings. The molecule has 17 heavy (non-hydrogen) atoms. The molecule has 1 amide bonds. The Kier molecular flexibility index (Phi) is 3.69. The van der Waals surface area contributed by atoms with Gasteiger partial charge in [-0.25, -0.2) is 0 Å². The van der Waals surface area contributed by atoms with Gasteiger partial charge >= 0.3 is 0 Å². The zero-order chi connectivity index (χ0) is 12.3. The average molecular weight is 253 g/mol. The molecule has 1 fully saturated rings. The van der Waals surface area contributed by atoms with Gasteiger partial charge in [0, 0.05) is 11.6 Å². The minimum atomic E-state index is -0.382. The first-order valence-electron chi connectivity index (χ1n) is 5.94. The van der Waals surface area contributed by atoms with Crippen molar-refractivity contribution in [3.05, 3.63) is 34.9 Å². The van der Waals surface area contributed by atoms with Gasteiger partial charge < -0.3 is 11.1 Å². The van der Waals surface area contributed by atoms with Crippen molar-refractivity contribution >= 4 is 17.5 Å². The van der Waals surface area contributed by atoms with Crippen LogP contribution in [0.3, 0.4) is 0 Å². The van der Waals surface area contributed by atoms with Gasteiger partial charge in [-0.15, -0.1) is 0 Å². The molecular weight excluding hydrogens is 236 g/mol. The van der Waals surface area contributed by atoms with Crippen molar-refractivity contribution in [1.29, 1.82) is 0 Å². The number of amides is 1. The number of carbonyl (C=O) groups is 1. The van der Waals surface area contributed by atoms with Crippen LogP contribution in [0.2, 0.25) is 5.02 Å². The zero-order valence-corrected chi connectivity index (χ0v) is 10.5. The number of nitrogens with one attached hydrogen (secondary N) is 1. The van der Waals surface area contributed by atoms with E-state index in [4.69, 9.17) is 17.3 Å². The van der Waals surface area contributed by atoms with Gasteiger partial charge in [-0.05, 0) is 37.4 Å². The van der Waals surface area contributed by atoms with Crippen LogP contribution in [0, 0.1) is 0 Å². The van der Waals surface area contributed by atoms with Crippen LogP contribution in [0.5, 0.6) is 0 Å². The third-order valence-electron chi connectivity index (χ3n) is 3.24. The first kappa shape index (κ1) is 12.4. The number of benzene rings is 1. The zero-order valence-electron chi connectivity index (χ0n) is 9.71. The van der Waals surface area contributed by atoms with Crippen molar-refractivity contribution < 1.29 is 4.79 Å². The van der Waals surface area contributed by atoms with Crippen molar-refractivity contribution in [2.24, 2.45) is 5.73 Å². The summed E-state index contributed by atoms with van der Waals surface area (Å²) in [5.41, 5.74) is 5.97. The molecule has 0 aromatic heterocycles. The minimum absolute atomic E-state index is 0.0825. The maximum absolute atomic E-state index is 12.1. The summed E-state index contributed by atoms with van der Waals surface area (Å²) in [5, 5.41) is 3.61. The van der Waals surface area contributed by atoms with Crippen molar-refractivity contribution in [2.75, 3.05) is 13.1 Å². The summed E-state index contributed by atoms with van der Waals surface area (Å²) in [4.78, 5) is 12.1. The number of nitrogens with two attached hydrogens (primary N) is 1. The van der Waals surface area contributed by atoms with E-state index in [0.29, 0.717) is 18.1 Å². The van der Waals surface area contributed by atoms with E-state index in [1.165, 1.54) is 0 Å². The fourth-order valence-electron chi connectivity index (χ4n) is 2.07. The Balaban J connectivity index is 2.09. The number of halogens is 1. The first-order valence-corrected chi connectivity index (χ1v) is 6.32. The van der Waals surface area contributed by atoms with Crippen molar-refractivity contribution in [3.8, 4) is 0 Å². The molecule has 1 aromatic carbocycles. The van der Waals surface area contributed by atoms with E-state index in [1.807, 2.05) is 24.3 Å². The summed E-state index contributed by atoms with van der Waals surface area (Å²) in [6.07, 6.45) is 2.57. The molecular formula is C13H17ClN2O. The molecule has 0 atom stereocenters. The van der Waals surface area contributed by atoms with E-state index in [0.717, 1.165) is 24.8 Å². The van der Waals surface area contributed by atoms with Gasteiger partial charge in [0.05, 0.1) is 5.41 Å². The van der Waals surface area contributed by atoms with Gasteiger partial charge in [0.15, 0.2) is 0 Å². The molecule has 0 saturated heterocycles. The van der Waals surface area contributed by atoms with Gasteiger partial charge in [0.1, 0.15) is 0 Å². The number of hydrogen-bond acceptors (Lipinski definition) is 2. The maximum atomic E-state index is 12.1. The third kappa shape index (κ3) is 2.45. The van der Waals surface area contributed by atoms with Crippen LogP contribution in [0.4, 0.5) is 0 Å². The monoisotopic (exact) mass is 252 g/mol. The SMILES string of the molecule is NCCCNC(=O)C1(c2ccccc2Cl)CC1. The second-order valence-corrected chi connectivity index (χ2v) is 4.87. The molecule has 4 heteroatoms. The molecule has 0 bridgehead atoms. The van der Waals surface area contributed by atoms with Crippen LogP contribution in [0.1, 0.15) is 24.8 Å². The van der Waals surface area contributed by atoms with Crippen LogP contribution in [-0.4, -0.2) is 19.0 Å². The lowest BCUT2D eigenvalue weighted by molar-refractivity contribution is -0.123. The van der Waals surface area contributed by atoms with E-state index in [1.54, 1.807) is 0 Å². The average Bonchev–Trinajstić information content (AvgIpc) is 3.11. The Morgan fingerprint density at radius 3 is 2.71 bits per heavy atom. The predicted molar refractivity (Wildman–Crippen MR) is 69.0 cm³/mol. The van der Waals surface area contributed by atoms with Crippen molar-refractivity contribution in [3.63, 3.8) is 0 Å². The lowest BCUT2D eigenvalue weighted by Crippen LogP contribution is -2.36. The summed E-state index contributed by atoms with van der Waals surface area (Å²) in [6, 6.07) is 7.59. The largest absolute Gasteiger partial charge is 0.355 e. The molecule has 1 aromatic rings. The number of rotatable bonds is 5. The van der Waals surface area contributed by atoms with Gasteiger partial charge in [0.2, 0.25) is 5.91 Å². The molecule has 3 N–H and O–H groups in total. The smallest absolute Gasteiger partial charge is 0.230 e.